The van der Waals surface area contributed by atoms with Gasteiger partial charge in [-0.15, -0.1) is 10.2 Å². The minimum atomic E-state index is -0.358. The minimum absolute atomic E-state index is 0.0474. The summed E-state index contributed by atoms with van der Waals surface area (Å²) in [6, 6.07) is 5.32. The van der Waals surface area contributed by atoms with E-state index >= 15 is 0 Å². The van der Waals surface area contributed by atoms with Crippen LogP contribution < -0.4 is 5.32 Å². The molecule has 1 aromatic carbocycles. The zero-order valence-corrected chi connectivity index (χ0v) is 15.8. The number of ether oxygens (including phenoxy) is 1. The number of anilines is 1. The summed E-state index contributed by atoms with van der Waals surface area (Å²) < 4.78 is 6.57. The fourth-order valence-electron chi connectivity index (χ4n) is 2.01. The van der Waals surface area contributed by atoms with Gasteiger partial charge in [0, 0.05) is 17.8 Å². The van der Waals surface area contributed by atoms with Crippen molar-refractivity contribution >= 4 is 40.9 Å². The minimum Gasteiger partial charge on any atom is -0.466 e. The highest BCUT2D eigenvalue weighted by molar-refractivity contribution is 7.99. The van der Waals surface area contributed by atoms with Gasteiger partial charge >= 0.3 is 5.97 Å². The fourth-order valence-corrected chi connectivity index (χ4v) is 2.91. The summed E-state index contributed by atoms with van der Waals surface area (Å²) in [7, 11) is 1.75. The third kappa shape index (κ3) is 5.47. The average molecular weight is 383 g/mol. The van der Waals surface area contributed by atoms with Gasteiger partial charge in [0.05, 0.1) is 12.4 Å². The molecule has 2 rings (SSSR count). The summed E-state index contributed by atoms with van der Waals surface area (Å²) in [5.41, 5.74) is 1.61. The Bertz CT molecular complexity index is 779. The molecule has 0 unspecified atom stereocenters. The van der Waals surface area contributed by atoms with E-state index in [0.717, 1.165) is 5.56 Å². The van der Waals surface area contributed by atoms with Crippen molar-refractivity contribution in [1.29, 1.82) is 0 Å². The molecule has 9 heteroatoms. The Kier molecular flexibility index (Phi) is 6.83. The van der Waals surface area contributed by atoms with Crippen LogP contribution in [0, 0.1) is 6.92 Å². The van der Waals surface area contributed by atoms with Crippen molar-refractivity contribution in [2.75, 3.05) is 17.7 Å². The molecule has 7 nitrogen and oxygen atoms in total. The lowest BCUT2D eigenvalue weighted by molar-refractivity contribution is -0.142. The van der Waals surface area contributed by atoms with Gasteiger partial charge in [-0.05, 0) is 31.5 Å². The zero-order chi connectivity index (χ0) is 18.4. The number of rotatable bonds is 7. The molecule has 0 aliphatic heterocycles. The lowest BCUT2D eigenvalue weighted by Crippen LogP contribution is -2.15. The zero-order valence-electron chi connectivity index (χ0n) is 14.2. The Morgan fingerprint density at radius 1 is 1.36 bits per heavy atom. The van der Waals surface area contributed by atoms with Crippen LogP contribution in [-0.2, 0) is 27.8 Å². The van der Waals surface area contributed by atoms with E-state index in [4.69, 9.17) is 16.3 Å². The maximum atomic E-state index is 12.1. The second kappa shape index (κ2) is 8.87. The van der Waals surface area contributed by atoms with Gasteiger partial charge in [0.25, 0.3) is 0 Å². The number of carbonyl (C=O) groups is 2. The van der Waals surface area contributed by atoms with E-state index < -0.39 is 0 Å². The molecule has 1 amide bonds. The molecule has 1 aromatic heterocycles. The standard InChI is InChI=1S/C16H19ClN4O3S/c1-4-24-15(23)8-13-19-20-16(21(13)3)25-9-14(22)18-12-7-11(17)6-5-10(12)2/h5-7H,4,8-9H2,1-3H3,(H,18,22). The van der Waals surface area contributed by atoms with Crippen molar-refractivity contribution in [2.45, 2.75) is 25.4 Å². The van der Waals surface area contributed by atoms with E-state index in [9.17, 15) is 9.59 Å². The van der Waals surface area contributed by atoms with Gasteiger partial charge in [0.15, 0.2) is 5.16 Å². The molecular formula is C16H19ClN4O3S. The molecule has 0 fully saturated rings. The van der Waals surface area contributed by atoms with E-state index in [-0.39, 0.29) is 24.1 Å². The number of aromatic nitrogens is 3. The lowest BCUT2D eigenvalue weighted by atomic mass is 10.2. The van der Waals surface area contributed by atoms with Crippen LogP contribution in [0.2, 0.25) is 5.02 Å². The molecule has 0 aliphatic carbocycles. The topological polar surface area (TPSA) is 86.1 Å². The lowest BCUT2D eigenvalue weighted by Gasteiger charge is -2.08. The van der Waals surface area contributed by atoms with Crippen molar-refractivity contribution in [3.05, 3.63) is 34.6 Å². The van der Waals surface area contributed by atoms with Crippen molar-refractivity contribution < 1.29 is 14.3 Å². The van der Waals surface area contributed by atoms with Gasteiger partial charge in [0.1, 0.15) is 12.2 Å². The Hall–Kier alpha value is -2.06. The van der Waals surface area contributed by atoms with Crippen molar-refractivity contribution in [2.24, 2.45) is 7.05 Å². The second-order valence-corrected chi connectivity index (χ2v) is 6.61. The first-order valence-electron chi connectivity index (χ1n) is 7.63. The maximum Gasteiger partial charge on any atom is 0.313 e. The SMILES string of the molecule is CCOC(=O)Cc1nnc(SCC(=O)Nc2cc(Cl)ccc2C)n1C. The number of carbonyl (C=O) groups excluding carboxylic acids is 2. The molecule has 1 N–H and O–H groups in total. The summed E-state index contributed by atoms with van der Waals surface area (Å²) in [6.45, 7) is 3.96. The quantitative estimate of drug-likeness (QED) is 0.585. The molecule has 25 heavy (non-hydrogen) atoms. The van der Waals surface area contributed by atoms with Crippen molar-refractivity contribution in [3.63, 3.8) is 0 Å². The molecule has 1 heterocycles. The molecule has 0 saturated heterocycles. The summed E-state index contributed by atoms with van der Waals surface area (Å²) >= 11 is 7.18. The van der Waals surface area contributed by atoms with Crippen LogP contribution in [0.25, 0.3) is 0 Å². The molecule has 134 valence electrons. The van der Waals surface area contributed by atoms with Gasteiger partial charge in [-0.3, -0.25) is 9.59 Å². The number of thioether (sulfide) groups is 1. The number of nitrogens with one attached hydrogen (secondary N) is 1. The van der Waals surface area contributed by atoms with Crippen LogP contribution in [0.4, 0.5) is 5.69 Å². The first-order valence-corrected chi connectivity index (χ1v) is 8.99. The Labute approximate surface area is 155 Å². The summed E-state index contributed by atoms with van der Waals surface area (Å²) in [4.78, 5) is 23.6. The molecular weight excluding hydrogens is 364 g/mol. The number of nitrogens with zero attached hydrogens (tertiary/aromatic N) is 3. The van der Waals surface area contributed by atoms with Crippen LogP contribution in [0.3, 0.4) is 0 Å². The van der Waals surface area contributed by atoms with Crippen molar-refractivity contribution in [3.8, 4) is 0 Å². The highest BCUT2D eigenvalue weighted by Crippen LogP contribution is 2.21. The van der Waals surface area contributed by atoms with E-state index in [1.807, 2.05) is 13.0 Å². The summed E-state index contributed by atoms with van der Waals surface area (Å²) in [5.74, 6) is 0.123. The van der Waals surface area contributed by atoms with E-state index in [0.29, 0.717) is 28.3 Å². The number of esters is 1. The van der Waals surface area contributed by atoms with E-state index in [1.54, 1.807) is 30.7 Å². The first kappa shape index (κ1) is 19.3. The third-order valence-electron chi connectivity index (χ3n) is 3.34. The second-order valence-electron chi connectivity index (χ2n) is 5.24. The van der Waals surface area contributed by atoms with Gasteiger partial charge in [-0.2, -0.15) is 0 Å². The Morgan fingerprint density at radius 2 is 2.12 bits per heavy atom. The average Bonchev–Trinajstić information content (AvgIpc) is 2.89. The van der Waals surface area contributed by atoms with Gasteiger partial charge in [-0.25, -0.2) is 0 Å². The number of amides is 1. The Balaban J connectivity index is 1.92. The highest BCUT2D eigenvalue weighted by Gasteiger charge is 2.15. The number of halogens is 1. The van der Waals surface area contributed by atoms with E-state index in [2.05, 4.69) is 15.5 Å². The van der Waals surface area contributed by atoms with E-state index in [1.165, 1.54) is 11.8 Å². The third-order valence-corrected chi connectivity index (χ3v) is 4.59. The molecule has 0 aliphatic rings. The summed E-state index contributed by atoms with van der Waals surface area (Å²) in [6.07, 6.45) is 0.0474. The Morgan fingerprint density at radius 3 is 2.84 bits per heavy atom. The fraction of sp³-hybridized carbons (Fsp3) is 0.375. The van der Waals surface area contributed by atoms with Gasteiger partial charge < -0.3 is 14.6 Å². The van der Waals surface area contributed by atoms with Crippen molar-refractivity contribution in [1.82, 2.24) is 14.8 Å². The van der Waals surface area contributed by atoms with Gasteiger partial charge in [0.2, 0.25) is 5.91 Å². The molecule has 2 aromatic rings. The predicted molar refractivity (Wildman–Crippen MR) is 96.9 cm³/mol. The smallest absolute Gasteiger partial charge is 0.313 e. The largest absolute Gasteiger partial charge is 0.466 e. The van der Waals surface area contributed by atoms with Crippen LogP contribution >= 0.6 is 23.4 Å². The normalized spacial score (nSPS) is 10.6. The predicted octanol–water partition coefficient (Wildman–Crippen LogP) is 2.61. The number of benzene rings is 1. The van der Waals surface area contributed by atoms with Crippen LogP contribution in [0.5, 0.6) is 0 Å². The number of aryl methyl sites for hydroxylation is 1. The molecule has 0 spiro atoms. The van der Waals surface area contributed by atoms with Crippen LogP contribution in [0.15, 0.2) is 23.4 Å². The highest BCUT2D eigenvalue weighted by atomic mass is 35.5. The monoisotopic (exact) mass is 382 g/mol. The molecule has 0 radical (unpaired) electrons. The number of hydrogen-bond donors (Lipinski definition) is 1. The number of hydrogen-bond acceptors (Lipinski definition) is 6. The molecule has 0 bridgehead atoms. The maximum absolute atomic E-state index is 12.1. The van der Waals surface area contributed by atoms with Gasteiger partial charge in [-0.1, -0.05) is 29.4 Å². The molecule has 0 atom stereocenters. The first-order chi connectivity index (χ1) is 11.9. The molecule has 0 saturated carbocycles. The summed E-state index contributed by atoms with van der Waals surface area (Å²) in [5, 5.41) is 11.9. The van der Waals surface area contributed by atoms with Crippen LogP contribution in [0.1, 0.15) is 18.3 Å². The van der Waals surface area contributed by atoms with Crippen LogP contribution in [-0.4, -0.2) is 39.0 Å².